The molecule has 36 heavy (non-hydrogen) atoms. The van der Waals surface area contributed by atoms with E-state index < -0.39 is 10.0 Å². The van der Waals surface area contributed by atoms with Crippen molar-refractivity contribution >= 4 is 27.5 Å². The summed E-state index contributed by atoms with van der Waals surface area (Å²) in [6.07, 6.45) is 3.27. The van der Waals surface area contributed by atoms with E-state index in [1.165, 1.54) is 18.6 Å². The van der Waals surface area contributed by atoms with Gasteiger partial charge in [0, 0.05) is 45.2 Å². The van der Waals surface area contributed by atoms with Crippen LogP contribution in [0, 0.1) is 12.8 Å². The second-order valence-corrected chi connectivity index (χ2v) is 11.4. The van der Waals surface area contributed by atoms with E-state index in [2.05, 4.69) is 4.72 Å². The molecule has 2 aliphatic rings. The summed E-state index contributed by atoms with van der Waals surface area (Å²) in [7, 11) is -3.67. The highest BCUT2D eigenvalue weighted by molar-refractivity contribution is 7.89. The van der Waals surface area contributed by atoms with Gasteiger partial charge < -0.3 is 14.5 Å². The number of aryl methyl sites for hydroxylation is 1. The Hall–Kier alpha value is -2.91. The average Bonchev–Trinajstić information content (AvgIpc) is 3.50. The first kappa shape index (κ1) is 26.2. The molecule has 0 aromatic heterocycles. The number of nitrogens with zero attached hydrogens (tertiary/aromatic N) is 2. The van der Waals surface area contributed by atoms with Crippen molar-refractivity contribution in [1.29, 1.82) is 0 Å². The third-order valence-corrected chi connectivity index (χ3v) is 8.41. The third kappa shape index (κ3) is 6.44. The number of ether oxygens (including phenoxy) is 1. The van der Waals surface area contributed by atoms with Crippen molar-refractivity contribution in [1.82, 2.24) is 9.62 Å². The topological polar surface area (TPSA) is 96.0 Å². The Morgan fingerprint density at radius 1 is 1.11 bits per heavy atom. The average molecular weight is 514 g/mol. The van der Waals surface area contributed by atoms with Gasteiger partial charge in [-0.25, -0.2) is 13.1 Å². The Kier molecular flexibility index (Phi) is 8.31. The van der Waals surface area contributed by atoms with Crippen LogP contribution in [0.4, 0.5) is 5.69 Å². The van der Waals surface area contributed by atoms with Gasteiger partial charge in [-0.1, -0.05) is 17.7 Å². The number of likely N-dealkylation sites (tertiary alicyclic amines) is 1. The lowest BCUT2D eigenvalue weighted by Crippen LogP contribution is -2.30. The number of rotatable bonds is 10. The van der Waals surface area contributed by atoms with Crippen molar-refractivity contribution in [3.63, 3.8) is 0 Å². The molecular weight excluding hydrogens is 478 g/mol. The molecule has 8 nitrogen and oxygen atoms in total. The zero-order chi connectivity index (χ0) is 25.7. The molecule has 2 aromatic rings. The van der Waals surface area contributed by atoms with Crippen LogP contribution in [-0.2, 0) is 26.0 Å². The lowest BCUT2D eigenvalue weighted by molar-refractivity contribution is -0.130. The van der Waals surface area contributed by atoms with E-state index in [9.17, 15) is 18.0 Å². The summed E-state index contributed by atoms with van der Waals surface area (Å²) >= 11 is 0. The Bertz CT molecular complexity index is 1200. The number of hydrogen-bond donors (Lipinski definition) is 1. The fourth-order valence-electron chi connectivity index (χ4n) is 4.83. The monoisotopic (exact) mass is 513 g/mol. The van der Waals surface area contributed by atoms with Gasteiger partial charge in [-0.2, -0.15) is 0 Å². The van der Waals surface area contributed by atoms with Gasteiger partial charge in [0.25, 0.3) is 0 Å². The number of benzene rings is 2. The molecule has 194 valence electrons. The first-order chi connectivity index (χ1) is 17.2. The maximum atomic E-state index is 12.7. The van der Waals surface area contributed by atoms with E-state index in [4.69, 9.17) is 4.74 Å². The summed E-state index contributed by atoms with van der Waals surface area (Å²) in [4.78, 5) is 28.0. The molecular formula is C27H35N3O5S. The SMILES string of the molecule is CC(=O)N1CCc2cc(S(=O)(=O)NCCCC(=O)N3CCC(CCOc4ccc(C)cc4)C3)ccc21. The van der Waals surface area contributed by atoms with Crippen molar-refractivity contribution < 1.29 is 22.7 Å². The Balaban J connectivity index is 1.16. The first-order valence-electron chi connectivity index (χ1n) is 12.6. The van der Waals surface area contributed by atoms with Gasteiger partial charge in [0.2, 0.25) is 21.8 Å². The standard InChI is InChI=1S/C27H35N3O5S/c1-20-5-7-24(8-6-20)35-17-13-22-11-15-29(19-22)27(32)4-3-14-28-36(33,34)25-9-10-26-23(18-25)12-16-30(26)21(2)31/h5-10,18,22,28H,3-4,11-17,19H2,1-2H3. The molecule has 0 bridgehead atoms. The molecule has 2 heterocycles. The van der Waals surface area contributed by atoms with Crippen LogP contribution in [0.15, 0.2) is 47.4 Å². The van der Waals surface area contributed by atoms with Gasteiger partial charge in [0.05, 0.1) is 11.5 Å². The molecule has 2 amide bonds. The fraction of sp³-hybridized carbons (Fsp3) is 0.481. The number of anilines is 1. The molecule has 1 saturated heterocycles. The lowest BCUT2D eigenvalue weighted by atomic mass is 10.1. The molecule has 1 atom stereocenters. The fourth-order valence-corrected chi connectivity index (χ4v) is 5.96. The van der Waals surface area contributed by atoms with Gasteiger partial charge in [0.15, 0.2) is 0 Å². The van der Waals surface area contributed by atoms with Gasteiger partial charge in [-0.05, 0) is 74.4 Å². The van der Waals surface area contributed by atoms with E-state index in [-0.39, 0.29) is 23.3 Å². The molecule has 2 aliphatic heterocycles. The Morgan fingerprint density at radius 3 is 2.64 bits per heavy atom. The van der Waals surface area contributed by atoms with Crippen LogP contribution in [0.25, 0.3) is 0 Å². The molecule has 0 radical (unpaired) electrons. The van der Waals surface area contributed by atoms with Gasteiger partial charge in [-0.15, -0.1) is 0 Å². The van der Waals surface area contributed by atoms with Crippen LogP contribution >= 0.6 is 0 Å². The Morgan fingerprint density at radius 2 is 1.89 bits per heavy atom. The number of carbonyl (C=O) groups is 2. The molecule has 2 aromatic carbocycles. The van der Waals surface area contributed by atoms with Crippen molar-refractivity contribution in [2.45, 2.75) is 50.8 Å². The second-order valence-electron chi connectivity index (χ2n) is 9.66. The minimum absolute atomic E-state index is 0.0490. The van der Waals surface area contributed by atoms with Crippen LogP contribution in [0.3, 0.4) is 0 Å². The number of nitrogens with one attached hydrogen (secondary N) is 1. The zero-order valence-electron chi connectivity index (χ0n) is 21.0. The predicted octanol–water partition coefficient (Wildman–Crippen LogP) is 3.28. The van der Waals surface area contributed by atoms with E-state index in [0.29, 0.717) is 38.3 Å². The predicted molar refractivity (Wildman–Crippen MR) is 139 cm³/mol. The molecule has 9 heteroatoms. The largest absolute Gasteiger partial charge is 0.494 e. The van der Waals surface area contributed by atoms with E-state index in [1.54, 1.807) is 17.0 Å². The van der Waals surface area contributed by atoms with Crippen molar-refractivity contribution in [2.75, 3.05) is 37.7 Å². The quantitative estimate of drug-likeness (QED) is 0.492. The number of fused-ring (bicyclic) bond motifs is 1. The molecule has 0 spiro atoms. The number of carbonyl (C=O) groups excluding carboxylic acids is 2. The molecule has 1 N–H and O–H groups in total. The molecule has 1 fully saturated rings. The molecule has 0 aliphatic carbocycles. The summed E-state index contributed by atoms with van der Waals surface area (Å²) in [5, 5.41) is 0. The molecule has 1 unspecified atom stereocenters. The van der Waals surface area contributed by atoms with E-state index in [0.717, 1.165) is 42.9 Å². The minimum Gasteiger partial charge on any atom is -0.494 e. The highest BCUT2D eigenvalue weighted by Crippen LogP contribution is 2.30. The minimum atomic E-state index is -3.67. The second kappa shape index (κ2) is 11.4. The van der Waals surface area contributed by atoms with Crippen LogP contribution < -0.4 is 14.4 Å². The van der Waals surface area contributed by atoms with Crippen LogP contribution in [0.1, 0.15) is 43.7 Å². The summed E-state index contributed by atoms with van der Waals surface area (Å²) in [6, 6.07) is 12.9. The number of amides is 2. The third-order valence-electron chi connectivity index (χ3n) is 6.95. The summed E-state index contributed by atoms with van der Waals surface area (Å²) in [5.41, 5.74) is 2.83. The van der Waals surface area contributed by atoms with Crippen LogP contribution in [-0.4, -0.2) is 57.9 Å². The lowest BCUT2D eigenvalue weighted by Gasteiger charge is -2.17. The highest BCUT2D eigenvalue weighted by atomic mass is 32.2. The normalized spacial score (nSPS) is 17.3. The molecule has 4 rings (SSSR count). The van der Waals surface area contributed by atoms with Crippen LogP contribution in [0.5, 0.6) is 5.75 Å². The van der Waals surface area contributed by atoms with Crippen LogP contribution in [0.2, 0.25) is 0 Å². The zero-order valence-corrected chi connectivity index (χ0v) is 21.9. The van der Waals surface area contributed by atoms with Gasteiger partial charge in [-0.3, -0.25) is 9.59 Å². The smallest absolute Gasteiger partial charge is 0.240 e. The van der Waals surface area contributed by atoms with Gasteiger partial charge in [0.1, 0.15) is 5.75 Å². The van der Waals surface area contributed by atoms with E-state index >= 15 is 0 Å². The summed E-state index contributed by atoms with van der Waals surface area (Å²) in [6.45, 7) is 6.43. The number of hydrogen-bond acceptors (Lipinski definition) is 5. The molecule has 0 saturated carbocycles. The van der Waals surface area contributed by atoms with Gasteiger partial charge >= 0.3 is 0 Å². The van der Waals surface area contributed by atoms with Crippen molar-refractivity contribution in [2.24, 2.45) is 5.92 Å². The maximum Gasteiger partial charge on any atom is 0.240 e. The highest BCUT2D eigenvalue weighted by Gasteiger charge is 2.27. The Labute approximate surface area is 213 Å². The maximum absolute atomic E-state index is 12.7. The summed E-state index contributed by atoms with van der Waals surface area (Å²) in [5.74, 6) is 1.31. The van der Waals surface area contributed by atoms with E-state index in [1.807, 2.05) is 36.1 Å². The summed E-state index contributed by atoms with van der Waals surface area (Å²) < 4.78 is 33.9. The van der Waals surface area contributed by atoms with Crippen molar-refractivity contribution in [3.05, 3.63) is 53.6 Å². The number of sulfonamides is 1. The first-order valence-corrected chi connectivity index (χ1v) is 14.1. The van der Waals surface area contributed by atoms with Crippen molar-refractivity contribution in [3.8, 4) is 5.75 Å².